The summed E-state index contributed by atoms with van der Waals surface area (Å²) in [6.07, 6.45) is 6.93. The van der Waals surface area contributed by atoms with Crippen molar-refractivity contribution in [1.29, 1.82) is 0 Å². The van der Waals surface area contributed by atoms with Crippen molar-refractivity contribution in [3.63, 3.8) is 0 Å². The van der Waals surface area contributed by atoms with Gasteiger partial charge in [-0.2, -0.15) is 0 Å². The van der Waals surface area contributed by atoms with E-state index in [9.17, 15) is 0 Å². The number of nitrogens with one attached hydrogen (secondary N) is 1. The van der Waals surface area contributed by atoms with E-state index in [1.54, 1.807) is 6.07 Å². The van der Waals surface area contributed by atoms with Crippen LogP contribution in [0.1, 0.15) is 44.8 Å². The summed E-state index contributed by atoms with van der Waals surface area (Å²) in [5.41, 5.74) is 0. The van der Waals surface area contributed by atoms with Crippen LogP contribution >= 0.6 is 11.6 Å². The van der Waals surface area contributed by atoms with Crippen LogP contribution in [0.5, 0.6) is 0 Å². The van der Waals surface area contributed by atoms with Gasteiger partial charge in [-0.1, -0.05) is 19.3 Å². The molecule has 1 aliphatic carbocycles. The van der Waals surface area contributed by atoms with Gasteiger partial charge in [-0.3, -0.25) is 0 Å². The third-order valence-electron chi connectivity index (χ3n) is 3.58. The molecule has 0 amide bonds. The van der Waals surface area contributed by atoms with Gasteiger partial charge in [-0.15, -0.1) is 0 Å². The van der Waals surface area contributed by atoms with Gasteiger partial charge in [0.05, 0.1) is 6.54 Å². The molecule has 0 radical (unpaired) electrons. The SMILES string of the molecule is C[C@H](NCc1ccc(Cl)o1)C1CCCCC1. The maximum atomic E-state index is 5.73. The highest BCUT2D eigenvalue weighted by molar-refractivity contribution is 6.28. The monoisotopic (exact) mass is 241 g/mol. The van der Waals surface area contributed by atoms with Crippen molar-refractivity contribution < 1.29 is 4.42 Å². The molecule has 16 heavy (non-hydrogen) atoms. The normalized spacial score (nSPS) is 19.9. The summed E-state index contributed by atoms with van der Waals surface area (Å²) >= 11 is 5.73. The summed E-state index contributed by atoms with van der Waals surface area (Å²) in [6, 6.07) is 4.30. The molecule has 1 fully saturated rings. The van der Waals surface area contributed by atoms with Crippen LogP contribution < -0.4 is 5.32 Å². The molecule has 2 nitrogen and oxygen atoms in total. The van der Waals surface area contributed by atoms with Crippen molar-refractivity contribution >= 4 is 11.6 Å². The van der Waals surface area contributed by atoms with E-state index in [0.29, 0.717) is 11.3 Å². The molecule has 1 aliphatic rings. The van der Waals surface area contributed by atoms with Gasteiger partial charge in [0.25, 0.3) is 0 Å². The molecule has 0 spiro atoms. The largest absolute Gasteiger partial charge is 0.448 e. The first-order valence-corrected chi connectivity index (χ1v) is 6.61. The summed E-state index contributed by atoms with van der Waals surface area (Å²) in [4.78, 5) is 0. The molecule has 3 heteroatoms. The van der Waals surface area contributed by atoms with E-state index in [-0.39, 0.29) is 0 Å². The first-order valence-electron chi connectivity index (χ1n) is 6.23. The average Bonchev–Trinajstić information content (AvgIpc) is 2.73. The molecule has 1 atom stereocenters. The lowest BCUT2D eigenvalue weighted by Gasteiger charge is -2.28. The van der Waals surface area contributed by atoms with Crippen LogP contribution in [-0.4, -0.2) is 6.04 Å². The third kappa shape index (κ3) is 3.26. The maximum absolute atomic E-state index is 5.73. The quantitative estimate of drug-likeness (QED) is 0.862. The molecule has 1 aromatic heterocycles. The minimum atomic E-state index is 0.474. The first-order chi connectivity index (χ1) is 7.75. The van der Waals surface area contributed by atoms with Gasteiger partial charge in [-0.25, -0.2) is 0 Å². The van der Waals surface area contributed by atoms with Crippen molar-refractivity contribution in [2.45, 2.75) is 51.6 Å². The molecule has 1 aromatic rings. The number of hydrogen-bond donors (Lipinski definition) is 1. The Labute approximate surface area is 102 Å². The molecular formula is C13H20ClNO. The van der Waals surface area contributed by atoms with Gasteiger partial charge in [0.2, 0.25) is 0 Å². The van der Waals surface area contributed by atoms with Gasteiger partial charge in [-0.05, 0) is 49.4 Å². The second-order valence-electron chi connectivity index (χ2n) is 4.77. The van der Waals surface area contributed by atoms with Crippen LogP contribution in [0, 0.1) is 5.92 Å². The molecule has 1 saturated carbocycles. The first kappa shape index (κ1) is 12.0. The van der Waals surface area contributed by atoms with Gasteiger partial charge in [0.15, 0.2) is 5.22 Å². The lowest BCUT2D eigenvalue weighted by molar-refractivity contribution is 0.275. The summed E-state index contributed by atoms with van der Waals surface area (Å²) in [7, 11) is 0. The fourth-order valence-electron chi connectivity index (χ4n) is 2.51. The molecule has 1 heterocycles. The predicted molar refractivity (Wildman–Crippen MR) is 66.6 cm³/mol. The van der Waals surface area contributed by atoms with E-state index in [0.717, 1.165) is 18.2 Å². The summed E-state index contributed by atoms with van der Waals surface area (Å²) in [6.45, 7) is 3.06. The van der Waals surface area contributed by atoms with Gasteiger partial charge >= 0.3 is 0 Å². The molecule has 0 aliphatic heterocycles. The lowest BCUT2D eigenvalue weighted by atomic mass is 9.84. The van der Waals surface area contributed by atoms with Crippen molar-refractivity contribution in [1.82, 2.24) is 5.32 Å². The Morgan fingerprint density at radius 3 is 2.75 bits per heavy atom. The molecular weight excluding hydrogens is 222 g/mol. The molecule has 2 rings (SSSR count). The van der Waals surface area contributed by atoms with Crippen LogP contribution in [0.25, 0.3) is 0 Å². The highest BCUT2D eigenvalue weighted by Crippen LogP contribution is 2.26. The zero-order chi connectivity index (χ0) is 11.4. The zero-order valence-corrected chi connectivity index (χ0v) is 10.6. The molecule has 1 N–H and O–H groups in total. The van der Waals surface area contributed by atoms with Gasteiger partial charge < -0.3 is 9.73 Å². The number of rotatable bonds is 4. The van der Waals surface area contributed by atoms with E-state index in [1.807, 2.05) is 6.07 Å². The Bertz CT molecular complexity index is 317. The minimum absolute atomic E-state index is 0.474. The van der Waals surface area contributed by atoms with Crippen molar-refractivity contribution in [2.24, 2.45) is 5.92 Å². The van der Waals surface area contributed by atoms with Crippen molar-refractivity contribution in [3.8, 4) is 0 Å². The standard InChI is InChI=1S/C13H20ClNO/c1-10(11-5-3-2-4-6-11)15-9-12-7-8-13(14)16-12/h7-8,10-11,15H,2-6,9H2,1H3/t10-/m0/s1. The van der Waals surface area contributed by atoms with E-state index >= 15 is 0 Å². The molecule has 0 unspecified atom stereocenters. The second-order valence-corrected chi connectivity index (χ2v) is 5.15. The zero-order valence-electron chi connectivity index (χ0n) is 9.84. The Kier molecular flexibility index (Phi) is 4.30. The minimum Gasteiger partial charge on any atom is -0.448 e. The van der Waals surface area contributed by atoms with E-state index < -0.39 is 0 Å². The fraction of sp³-hybridized carbons (Fsp3) is 0.692. The van der Waals surface area contributed by atoms with Crippen LogP contribution in [0.15, 0.2) is 16.5 Å². The van der Waals surface area contributed by atoms with E-state index in [2.05, 4.69) is 12.2 Å². The Morgan fingerprint density at radius 2 is 2.12 bits per heavy atom. The van der Waals surface area contributed by atoms with Crippen LogP contribution in [-0.2, 0) is 6.54 Å². The van der Waals surface area contributed by atoms with E-state index in [1.165, 1.54) is 32.1 Å². The Morgan fingerprint density at radius 1 is 1.38 bits per heavy atom. The average molecular weight is 242 g/mol. The smallest absolute Gasteiger partial charge is 0.193 e. The van der Waals surface area contributed by atoms with Gasteiger partial charge in [0, 0.05) is 6.04 Å². The summed E-state index contributed by atoms with van der Waals surface area (Å²) in [5, 5.41) is 4.00. The maximum Gasteiger partial charge on any atom is 0.193 e. The molecule has 90 valence electrons. The van der Waals surface area contributed by atoms with Crippen molar-refractivity contribution in [3.05, 3.63) is 23.1 Å². The fourth-order valence-corrected chi connectivity index (χ4v) is 2.67. The number of furan rings is 1. The highest BCUT2D eigenvalue weighted by atomic mass is 35.5. The van der Waals surface area contributed by atoms with E-state index in [4.69, 9.17) is 16.0 Å². The summed E-state index contributed by atoms with van der Waals surface area (Å²) < 4.78 is 5.32. The number of halogens is 1. The second kappa shape index (κ2) is 5.74. The Hall–Kier alpha value is -0.470. The third-order valence-corrected chi connectivity index (χ3v) is 3.79. The molecule has 0 saturated heterocycles. The molecule has 0 aromatic carbocycles. The lowest BCUT2D eigenvalue weighted by Crippen LogP contribution is -2.34. The van der Waals surface area contributed by atoms with Gasteiger partial charge in [0.1, 0.15) is 5.76 Å². The van der Waals surface area contributed by atoms with Crippen LogP contribution in [0.4, 0.5) is 0 Å². The predicted octanol–water partition coefficient (Wildman–Crippen LogP) is 3.99. The topological polar surface area (TPSA) is 25.2 Å². The summed E-state index contributed by atoms with van der Waals surface area (Å²) in [5.74, 6) is 1.76. The van der Waals surface area contributed by atoms with Crippen LogP contribution in [0.2, 0.25) is 5.22 Å². The van der Waals surface area contributed by atoms with Crippen LogP contribution in [0.3, 0.4) is 0 Å². The Balaban J connectivity index is 1.76. The number of hydrogen-bond acceptors (Lipinski definition) is 2. The molecule has 0 bridgehead atoms. The highest BCUT2D eigenvalue weighted by Gasteiger charge is 2.19. The van der Waals surface area contributed by atoms with Crippen molar-refractivity contribution in [2.75, 3.05) is 0 Å².